The third kappa shape index (κ3) is 5.37. The number of urea groups is 1. The van der Waals surface area contributed by atoms with E-state index < -0.39 is 17.0 Å². The molecule has 0 unspecified atom stereocenters. The molecule has 5 rings (SSSR count). The van der Waals surface area contributed by atoms with E-state index in [1.54, 1.807) is 23.1 Å². The summed E-state index contributed by atoms with van der Waals surface area (Å²) in [6.07, 6.45) is 6.49. The minimum Gasteiger partial charge on any atom is -0.490 e. The number of piperazine rings is 1. The van der Waals surface area contributed by atoms with Crippen molar-refractivity contribution < 1.29 is 19.2 Å². The summed E-state index contributed by atoms with van der Waals surface area (Å²) < 4.78 is 6.01. The minimum absolute atomic E-state index is 0.0779. The third-order valence-corrected chi connectivity index (χ3v) is 6.97. The smallest absolute Gasteiger partial charge is 0.326 e. The van der Waals surface area contributed by atoms with Gasteiger partial charge in [0, 0.05) is 24.2 Å². The Morgan fingerprint density at radius 3 is 2.64 bits per heavy atom. The molecule has 3 amide bonds. The number of amidine groups is 1. The van der Waals surface area contributed by atoms with Crippen LogP contribution in [-0.4, -0.2) is 64.3 Å². The zero-order valence-corrected chi connectivity index (χ0v) is 22.3. The Hall–Kier alpha value is -4.18. The molecule has 3 aliphatic rings. The number of hydrogen-bond donors (Lipinski definition) is 1. The lowest BCUT2D eigenvalue weighted by atomic mass is 9.94. The van der Waals surface area contributed by atoms with Crippen molar-refractivity contribution in [3.05, 3.63) is 92.5 Å². The van der Waals surface area contributed by atoms with Crippen LogP contribution < -0.4 is 10.1 Å². The van der Waals surface area contributed by atoms with Gasteiger partial charge < -0.3 is 15.0 Å². The Balaban J connectivity index is 1.69. The van der Waals surface area contributed by atoms with E-state index in [4.69, 9.17) is 21.3 Å². The summed E-state index contributed by atoms with van der Waals surface area (Å²) in [6.45, 7) is 4.25. The SMILES string of the molecule is CC(C)Oc1cc([N+](=O)[O-])ccc1C1=N[C@@H](c2ccc(Cl)cc2)[C@@H](C2=CCC=C2)N1C(=O)N1CCNC(=O)C1. The highest BCUT2D eigenvalue weighted by atomic mass is 35.5. The average molecular weight is 550 g/mol. The number of non-ortho nitro benzene ring substituents is 1. The Morgan fingerprint density at radius 2 is 2.00 bits per heavy atom. The van der Waals surface area contributed by atoms with E-state index in [9.17, 15) is 19.7 Å². The zero-order chi connectivity index (χ0) is 27.7. The van der Waals surface area contributed by atoms with Crippen molar-refractivity contribution in [3.8, 4) is 5.75 Å². The fourth-order valence-electron chi connectivity index (χ4n) is 5.01. The quantitative estimate of drug-likeness (QED) is 0.416. The molecule has 1 fully saturated rings. The van der Waals surface area contributed by atoms with Gasteiger partial charge in [0.05, 0.1) is 28.7 Å². The number of allylic oxidation sites excluding steroid dienone is 2. The van der Waals surface area contributed by atoms with Gasteiger partial charge >= 0.3 is 6.03 Å². The summed E-state index contributed by atoms with van der Waals surface area (Å²) in [7, 11) is 0. The number of nitro groups is 1. The molecule has 202 valence electrons. The van der Waals surface area contributed by atoms with Gasteiger partial charge in [0.1, 0.15) is 24.2 Å². The minimum atomic E-state index is -0.514. The normalized spacial score (nSPS) is 20.7. The number of halogens is 1. The van der Waals surface area contributed by atoms with Gasteiger partial charge in [0.15, 0.2) is 0 Å². The van der Waals surface area contributed by atoms with Crippen LogP contribution in [-0.2, 0) is 4.79 Å². The van der Waals surface area contributed by atoms with Crippen LogP contribution in [0.5, 0.6) is 5.75 Å². The summed E-state index contributed by atoms with van der Waals surface area (Å²) >= 11 is 6.17. The number of ether oxygens (including phenoxy) is 1. The summed E-state index contributed by atoms with van der Waals surface area (Å²) in [6, 6.07) is 10.2. The Labute approximate surface area is 230 Å². The van der Waals surface area contributed by atoms with Gasteiger partial charge in [-0.3, -0.25) is 24.8 Å². The number of rotatable bonds is 6. The van der Waals surface area contributed by atoms with Gasteiger partial charge in [0.2, 0.25) is 5.91 Å². The van der Waals surface area contributed by atoms with Crippen LogP contribution in [0.4, 0.5) is 10.5 Å². The van der Waals surface area contributed by atoms with Crippen molar-refractivity contribution in [3.63, 3.8) is 0 Å². The van der Waals surface area contributed by atoms with Crippen molar-refractivity contribution >= 4 is 35.1 Å². The lowest BCUT2D eigenvalue weighted by Crippen LogP contribution is -2.56. The van der Waals surface area contributed by atoms with Crippen LogP contribution in [0.2, 0.25) is 5.02 Å². The molecule has 1 N–H and O–H groups in total. The van der Waals surface area contributed by atoms with Crippen molar-refractivity contribution in [1.82, 2.24) is 15.1 Å². The van der Waals surface area contributed by atoms with E-state index in [0.717, 1.165) is 17.6 Å². The monoisotopic (exact) mass is 549 g/mol. The molecule has 1 saturated heterocycles. The van der Waals surface area contributed by atoms with Gasteiger partial charge in [0.25, 0.3) is 5.69 Å². The van der Waals surface area contributed by atoms with Gasteiger partial charge in [-0.05, 0) is 49.6 Å². The molecule has 2 aromatic carbocycles. The lowest BCUT2D eigenvalue weighted by Gasteiger charge is -2.36. The van der Waals surface area contributed by atoms with Crippen LogP contribution >= 0.6 is 11.6 Å². The zero-order valence-electron chi connectivity index (χ0n) is 21.5. The number of carbonyl (C=O) groups excluding carboxylic acids is 2. The first kappa shape index (κ1) is 26.4. The standard InChI is InChI=1S/C28H28ClN5O5/c1-17(2)39-23-15-21(34(37)38)11-12-22(23)27-31-25(18-7-9-20(29)10-8-18)26(19-5-3-4-6-19)33(27)28(36)32-14-13-30-24(35)16-32/h3,5-12,15,17,25-26H,4,13-14,16H2,1-2H3,(H,30,35)/t25-,26+/m0/s1. The largest absolute Gasteiger partial charge is 0.490 e. The lowest BCUT2D eigenvalue weighted by molar-refractivity contribution is -0.384. The van der Waals surface area contributed by atoms with E-state index in [0.29, 0.717) is 29.5 Å². The highest BCUT2D eigenvalue weighted by Gasteiger charge is 2.45. The molecular weight excluding hydrogens is 522 g/mol. The molecule has 0 radical (unpaired) electrons. The Morgan fingerprint density at radius 1 is 1.23 bits per heavy atom. The number of nitrogens with one attached hydrogen (secondary N) is 1. The second-order valence-corrected chi connectivity index (χ2v) is 10.2. The second-order valence-electron chi connectivity index (χ2n) is 9.76. The van der Waals surface area contributed by atoms with Crippen LogP contribution in [0, 0.1) is 10.1 Å². The van der Waals surface area contributed by atoms with E-state index in [1.807, 2.05) is 38.1 Å². The molecule has 0 spiro atoms. The predicted molar refractivity (Wildman–Crippen MR) is 147 cm³/mol. The second kappa shape index (κ2) is 10.9. The summed E-state index contributed by atoms with van der Waals surface area (Å²) in [5.74, 6) is 0.332. The molecule has 0 bridgehead atoms. The molecule has 2 heterocycles. The topological polar surface area (TPSA) is 117 Å². The highest BCUT2D eigenvalue weighted by molar-refractivity contribution is 6.30. The molecule has 2 aliphatic heterocycles. The number of amides is 3. The summed E-state index contributed by atoms with van der Waals surface area (Å²) in [5, 5.41) is 14.9. The number of hydrogen-bond acceptors (Lipinski definition) is 6. The number of nitro benzene ring substituents is 1. The van der Waals surface area contributed by atoms with Crippen LogP contribution in [0.25, 0.3) is 0 Å². The first-order valence-electron chi connectivity index (χ1n) is 12.7. The Bertz CT molecular complexity index is 1400. The van der Waals surface area contributed by atoms with Crippen LogP contribution in [0.3, 0.4) is 0 Å². The molecule has 39 heavy (non-hydrogen) atoms. The summed E-state index contributed by atoms with van der Waals surface area (Å²) in [4.78, 5) is 45.7. The molecule has 2 atom stereocenters. The maximum atomic E-state index is 14.2. The van der Waals surface area contributed by atoms with E-state index in [-0.39, 0.29) is 36.0 Å². The number of nitrogens with zero attached hydrogens (tertiary/aromatic N) is 4. The highest BCUT2D eigenvalue weighted by Crippen LogP contribution is 2.41. The van der Waals surface area contributed by atoms with Crippen LogP contribution in [0.15, 0.2) is 71.3 Å². The third-order valence-electron chi connectivity index (χ3n) is 6.71. The maximum absolute atomic E-state index is 14.2. The average Bonchev–Trinajstić information content (AvgIpc) is 3.56. The van der Waals surface area contributed by atoms with E-state index in [1.165, 1.54) is 17.0 Å². The first-order chi connectivity index (χ1) is 18.7. The fraction of sp³-hybridized carbons (Fsp3) is 0.321. The molecular formula is C28H28ClN5O5. The summed E-state index contributed by atoms with van der Waals surface area (Å²) in [5.41, 5.74) is 2.08. The van der Waals surface area contributed by atoms with Crippen molar-refractivity contribution in [1.29, 1.82) is 0 Å². The van der Waals surface area contributed by atoms with Gasteiger partial charge in [-0.25, -0.2) is 4.79 Å². The molecule has 2 aromatic rings. The van der Waals surface area contributed by atoms with E-state index in [2.05, 4.69) is 11.4 Å². The van der Waals surface area contributed by atoms with Gasteiger partial charge in [-0.1, -0.05) is 42.0 Å². The Kier molecular flexibility index (Phi) is 7.38. The van der Waals surface area contributed by atoms with E-state index >= 15 is 0 Å². The maximum Gasteiger partial charge on any atom is 0.326 e. The van der Waals surface area contributed by atoms with Gasteiger partial charge in [-0.2, -0.15) is 0 Å². The molecule has 0 aromatic heterocycles. The van der Waals surface area contributed by atoms with Crippen LogP contribution in [0.1, 0.15) is 37.4 Å². The number of carbonyl (C=O) groups is 2. The van der Waals surface area contributed by atoms with Crippen molar-refractivity contribution in [2.45, 2.75) is 38.5 Å². The first-order valence-corrected chi connectivity index (χ1v) is 13.1. The van der Waals surface area contributed by atoms with Crippen molar-refractivity contribution in [2.75, 3.05) is 19.6 Å². The van der Waals surface area contributed by atoms with Crippen molar-refractivity contribution in [2.24, 2.45) is 4.99 Å². The molecule has 10 nitrogen and oxygen atoms in total. The van der Waals surface area contributed by atoms with Gasteiger partial charge in [-0.15, -0.1) is 0 Å². The number of aliphatic imine (C=N–C) groups is 1. The molecule has 11 heteroatoms. The number of benzene rings is 2. The molecule has 1 aliphatic carbocycles. The predicted octanol–water partition coefficient (Wildman–Crippen LogP) is 4.65. The molecule has 0 saturated carbocycles. The fourth-order valence-corrected chi connectivity index (χ4v) is 5.13.